The number of esters is 2. The number of carbonyl (C=O) groups is 2. The maximum Gasteiger partial charge on any atom is 0.331 e. The maximum atomic E-state index is 11.2. The van der Waals surface area contributed by atoms with Gasteiger partial charge >= 0.3 is 11.9 Å². The van der Waals surface area contributed by atoms with Gasteiger partial charge in [0, 0.05) is 25.2 Å². The maximum absolute atomic E-state index is 11.2. The predicted molar refractivity (Wildman–Crippen MR) is 73.2 cm³/mol. The lowest BCUT2D eigenvalue weighted by atomic mass is 10.2. The van der Waals surface area contributed by atoms with Crippen LogP contribution in [0.15, 0.2) is 12.2 Å². The van der Waals surface area contributed by atoms with Gasteiger partial charge in [0.15, 0.2) is 0 Å². The summed E-state index contributed by atoms with van der Waals surface area (Å²) in [6.07, 6.45) is 5.09. The highest BCUT2D eigenvalue weighted by atomic mass is 16.5. The highest BCUT2D eigenvalue weighted by Gasteiger charge is 2.09. The van der Waals surface area contributed by atoms with E-state index in [0.29, 0.717) is 6.61 Å². The van der Waals surface area contributed by atoms with E-state index < -0.39 is 11.9 Å². The number of ether oxygens (including phenoxy) is 3. The first kappa shape index (κ1) is 16.7. The van der Waals surface area contributed by atoms with Crippen molar-refractivity contribution < 1.29 is 23.8 Å². The van der Waals surface area contributed by atoms with E-state index in [1.165, 1.54) is 7.11 Å². The predicted octanol–water partition coefficient (Wildman–Crippen LogP) is 0.761. The standard InChI is InChI=1S/C14H23NO5/c1-18-13(16)5-6-14(17)20-10-4-2-3-7-15-8-11-19-12-9-15/h5-6H,2-4,7-12H2,1H3/b6-5+. The summed E-state index contributed by atoms with van der Waals surface area (Å²) in [5.74, 6) is -1.07. The molecular weight excluding hydrogens is 262 g/mol. The zero-order chi connectivity index (χ0) is 14.6. The second-order valence-electron chi connectivity index (χ2n) is 4.54. The summed E-state index contributed by atoms with van der Waals surface area (Å²) in [7, 11) is 1.26. The summed E-state index contributed by atoms with van der Waals surface area (Å²) in [6, 6.07) is 0. The van der Waals surface area contributed by atoms with Crippen molar-refractivity contribution in [2.24, 2.45) is 0 Å². The zero-order valence-electron chi connectivity index (χ0n) is 12.0. The topological polar surface area (TPSA) is 65.1 Å². The molecular formula is C14H23NO5. The Morgan fingerprint density at radius 2 is 1.80 bits per heavy atom. The summed E-state index contributed by atoms with van der Waals surface area (Å²) in [4.78, 5) is 24.3. The normalized spacial score (nSPS) is 16.2. The zero-order valence-corrected chi connectivity index (χ0v) is 12.0. The van der Waals surface area contributed by atoms with Gasteiger partial charge in [0.2, 0.25) is 0 Å². The molecule has 0 saturated carbocycles. The van der Waals surface area contributed by atoms with Gasteiger partial charge in [0.1, 0.15) is 0 Å². The lowest BCUT2D eigenvalue weighted by Crippen LogP contribution is -2.36. The Labute approximate surface area is 119 Å². The summed E-state index contributed by atoms with van der Waals surface area (Å²) in [5, 5.41) is 0. The monoisotopic (exact) mass is 285 g/mol. The van der Waals surface area contributed by atoms with E-state index in [2.05, 4.69) is 9.64 Å². The van der Waals surface area contributed by atoms with E-state index in [9.17, 15) is 9.59 Å². The molecule has 6 heteroatoms. The second-order valence-corrected chi connectivity index (χ2v) is 4.54. The highest BCUT2D eigenvalue weighted by Crippen LogP contribution is 2.02. The van der Waals surface area contributed by atoms with Crippen LogP contribution >= 0.6 is 0 Å². The van der Waals surface area contributed by atoms with Gasteiger partial charge < -0.3 is 14.2 Å². The number of rotatable bonds is 8. The fourth-order valence-electron chi connectivity index (χ4n) is 1.86. The molecule has 0 aromatic carbocycles. The molecule has 0 N–H and O–H groups in total. The van der Waals surface area contributed by atoms with Crippen LogP contribution in [0, 0.1) is 0 Å². The van der Waals surface area contributed by atoms with E-state index in [0.717, 1.165) is 64.3 Å². The summed E-state index contributed by atoms with van der Waals surface area (Å²) >= 11 is 0. The summed E-state index contributed by atoms with van der Waals surface area (Å²) in [5.41, 5.74) is 0. The Kier molecular flexibility index (Phi) is 8.66. The average molecular weight is 285 g/mol. The first-order valence-corrected chi connectivity index (χ1v) is 6.95. The molecule has 0 spiro atoms. The van der Waals surface area contributed by atoms with Crippen LogP contribution in [0.5, 0.6) is 0 Å². The third kappa shape index (κ3) is 7.91. The van der Waals surface area contributed by atoms with Crippen molar-refractivity contribution in [1.29, 1.82) is 0 Å². The van der Waals surface area contributed by atoms with Gasteiger partial charge in [-0.3, -0.25) is 4.90 Å². The number of carbonyl (C=O) groups excluding carboxylic acids is 2. The molecule has 0 radical (unpaired) electrons. The molecule has 6 nitrogen and oxygen atoms in total. The third-order valence-corrected chi connectivity index (χ3v) is 3.02. The van der Waals surface area contributed by atoms with E-state index in [4.69, 9.17) is 9.47 Å². The molecule has 20 heavy (non-hydrogen) atoms. The van der Waals surface area contributed by atoms with Crippen LogP contribution in [0.1, 0.15) is 19.3 Å². The fourth-order valence-corrected chi connectivity index (χ4v) is 1.86. The molecule has 0 aromatic rings. The number of hydrogen-bond acceptors (Lipinski definition) is 6. The van der Waals surface area contributed by atoms with Gasteiger partial charge in [-0.05, 0) is 25.8 Å². The number of nitrogens with zero attached hydrogens (tertiary/aromatic N) is 1. The van der Waals surface area contributed by atoms with Crippen molar-refractivity contribution in [1.82, 2.24) is 4.90 Å². The first-order chi connectivity index (χ1) is 9.72. The van der Waals surface area contributed by atoms with Crippen molar-refractivity contribution >= 4 is 11.9 Å². The van der Waals surface area contributed by atoms with Gasteiger partial charge in [0.05, 0.1) is 26.9 Å². The largest absolute Gasteiger partial charge is 0.466 e. The molecule has 114 valence electrons. The van der Waals surface area contributed by atoms with Crippen LogP contribution in [0.25, 0.3) is 0 Å². The van der Waals surface area contributed by atoms with Gasteiger partial charge in [-0.15, -0.1) is 0 Å². The Morgan fingerprint density at radius 3 is 2.50 bits per heavy atom. The quantitative estimate of drug-likeness (QED) is 0.373. The molecule has 0 aliphatic carbocycles. The first-order valence-electron chi connectivity index (χ1n) is 6.95. The van der Waals surface area contributed by atoms with Crippen LogP contribution in [0.4, 0.5) is 0 Å². The third-order valence-electron chi connectivity index (χ3n) is 3.02. The van der Waals surface area contributed by atoms with Gasteiger partial charge in [-0.25, -0.2) is 9.59 Å². The molecule has 1 saturated heterocycles. The van der Waals surface area contributed by atoms with Gasteiger partial charge in [-0.2, -0.15) is 0 Å². The van der Waals surface area contributed by atoms with Crippen LogP contribution in [0.3, 0.4) is 0 Å². The molecule has 0 atom stereocenters. The smallest absolute Gasteiger partial charge is 0.331 e. The Morgan fingerprint density at radius 1 is 1.10 bits per heavy atom. The van der Waals surface area contributed by atoms with Crippen LogP contribution < -0.4 is 0 Å². The van der Waals surface area contributed by atoms with E-state index >= 15 is 0 Å². The number of hydrogen-bond donors (Lipinski definition) is 0. The van der Waals surface area contributed by atoms with Crippen molar-refractivity contribution in [2.45, 2.75) is 19.3 Å². The number of methoxy groups -OCH3 is 1. The van der Waals surface area contributed by atoms with Crippen LogP contribution in [0.2, 0.25) is 0 Å². The van der Waals surface area contributed by atoms with Crippen molar-refractivity contribution in [2.75, 3.05) is 46.6 Å². The summed E-state index contributed by atoms with van der Waals surface area (Å²) in [6.45, 7) is 5.11. The van der Waals surface area contributed by atoms with Crippen molar-refractivity contribution in [3.8, 4) is 0 Å². The molecule has 1 aliphatic heterocycles. The van der Waals surface area contributed by atoms with Crippen molar-refractivity contribution in [3.05, 3.63) is 12.2 Å². The molecule has 1 heterocycles. The lowest BCUT2D eigenvalue weighted by Gasteiger charge is -2.26. The highest BCUT2D eigenvalue weighted by molar-refractivity contribution is 5.91. The van der Waals surface area contributed by atoms with Crippen LogP contribution in [-0.2, 0) is 23.8 Å². The molecule has 1 aliphatic rings. The Bertz CT molecular complexity index is 324. The second kappa shape index (κ2) is 10.4. The molecule has 0 aromatic heterocycles. The summed E-state index contributed by atoms with van der Waals surface area (Å²) < 4.78 is 14.6. The molecule has 1 fully saturated rings. The fraction of sp³-hybridized carbons (Fsp3) is 0.714. The average Bonchev–Trinajstić information content (AvgIpc) is 2.49. The van der Waals surface area contributed by atoms with Gasteiger partial charge in [0.25, 0.3) is 0 Å². The van der Waals surface area contributed by atoms with E-state index in [1.54, 1.807) is 0 Å². The lowest BCUT2D eigenvalue weighted by molar-refractivity contribution is -0.139. The number of morpholine rings is 1. The molecule has 0 unspecified atom stereocenters. The van der Waals surface area contributed by atoms with Crippen molar-refractivity contribution in [3.63, 3.8) is 0 Å². The number of unbranched alkanes of at least 4 members (excludes halogenated alkanes) is 2. The van der Waals surface area contributed by atoms with E-state index in [-0.39, 0.29) is 0 Å². The van der Waals surface area contributed by atoms with Crippen LogP contribution in [-0.4, -0.2) is 63.4 Å². The van der Waals surface area contributed by atoms with E-state index in [1.807, 2.05) is 0 Å². The van der Waals surface area contributed by atoms with Gasteiger partial charge in [-0.1, -0.05) is 0 Å². The minimum absolute atomic E-state index is 0.382. The Balaban J connectivity index is 1.94. The molecule has 1 rings (SSSR count). The molecule has 0 bridgehead atoms. The molecule has 0 amide bonds. The Hall–Kier alpha value is -1.40. The SMILES string of the molecule is COC(=O)/C=C/C(=O)OCCCCCN1CCOCC1. The minimum atomic E-state index is -0.563. The minimum Gasteiger partial charge on any atom is -0.466 e.